The van der Waals surface area contributed by atoms with E-state index in [0.717, 1.165) is 19.4 Å². The van der Waals surface area contributed by atoms with Crippen molar-refractivity contribution in [2.24, 2.45) is 5.90 Å². The summed E-state index contributed by atoms with van der Waals surface area (Å²) in [4.78, 5) is 4.94. The lowest BCUT2D eigenvalue weighted by Crippen LogP contribution is -2.44. The second kappa shape index (κ2) is 3.95. The predicted molar refractivity (Wildman–Crippen MR) is 50.1 cm³/mol. The summed E-state index contributed by atoms with van der Waals surface area (Å²) in [6, 6.07) is 0. The van der Waals surface area contributed by atoms with Crippen molar-refractivity contribution in [3.05, 3.63) is 0 Å². The third kappa shape index (κ3) is 2.03. The van der Waals surface area contributed by atoms with Gasteiger partial charge in [0.2, 0.25) is 0 Å². The van der Waals surface area contributed by atoms with E-state index in [1.54, 1.807) is 0 Å². The molecule has 1 saturated heterocycles. The minimum Gasteiger partial charge on any atom is -0.375 e. The molecule has 1 saturated carbocycles. The summed E-state index contributed by atoms with van der Waals surface area (Å²) in [6.45, 7) is 0.821. The molecule has 3 heteroatoms. The van der Waals surface area contributed by atoms with Gasteiger partial charge in [-0.15, -0.1) is 0 Å². The second-order valence-electron chi connectivity index (χ2n) is 4.34. The molecule has 1 heterocycles. The Morgan fingerprint density at radius 2 is 2.00 bits per heavy atom. The van der Waals surface area contributed by atoms with E-state index < -0.39 is 0 Å². The molecule has 0 aromatic rings. The van der Waals surface area contributed by atoms with Gasteiger partial charge in [0.05, 0.1) is 11.7 Å². The van der Waals surface area contributed by atoms with Crippen LogP contribution < -0.4 is 5.90 Å². The van der Waals surface area contributed by atoms with Gasteiger partial charge in [0.25, 0.3) is 0 Å². The first-order valence-corrected chi connectivity index (χ1v) is 5.34. The Balaban J connectivity index is 1.95. The minimum atomic E-state index is 0.126. The van der Waals surface area contributed by atoms with Crippen molar-refractivity contribution in [1.82, 2.24) is 0 Å². The summed E-state index contributed by atoms with van der Waals surface area (Å²) in [5.41, 5.74) is 0.126. The lowest BCUT2D eigenvalue weighted by atomic mass is 9.79. The van der Waals surface area contributed by atoms with Crippen LogP contribution in [0, 0.1) is 0 Å². The smallest absolute Gasteiger partial charge is 0.0836 e. The van der Waals surface area contributed by atoms with Crippen molar-refractivity contribution >= 4 is 0 Å². The molecule has 0 amide bonds. The molecule has 2 rings (SSSR count). The molecule has 1 unspecified atom stereocenters. The second-order valence-corrected chi connectivity index (χ2v) is 4.34. The van der Waals surface area contributed by atoms with Gasteiger partial charge in [-0.05, 0) is 19.3 Å². The minimum absolute atomic E-state index is 0.126. The fourth-order valence-electron chi connectivity index (χ4n) is 2.64. The molecular formula is C10H19NO2. The van der Waals surface area contributed by atoms with E-state index in [4.69, 9.17) is 15.5 Å². The average molecular weight is 185 g/mol. The van der Waals surface area contributed by atoms with Crippen LogP contribution in [0.1, 0.15) is 44.9 Å². The maximum Gasteiger partial charge on any atom is 0.0836 e. The zero-order valence-corrected chi connectivity index (χ0v) is 8.13. The summed E-state index contributed by atoms with van der Waals surface area (Å²) in [5, 5.41) is 0. The summed E-state index contributed by atoms with van der Waals surface area (Å²) in [5.74, 6) is 5.24. The van der Waals surface area contributed by atoms with Crippen molar-refractivity contribution in [2.75, 3.05) is 6.61 Å². The molecule has 1 aliphatic carbocycles. The molecule has 1 aliphatic heterocycles. The van der Waals surface area contributed by atoms with Crippen LogP contribution in [0.4, 0.5) is 0 Å². The van der Waals surface area contributed by atoms with Crippen molar-refractivity contribution in [3.63, 3.8) is 0 Å². The average Bonchev–Trinajstić information content (AvgIpc) is 2.19. The van der Waals surface area contributed by atoms with Gasteiger partial charge in [0.1, 0.15) is 0 Å². The lowest BCUT2D eigenvalue weighted by Gasteiger charge is -2.42. The van der Waals surface area contributed by atoms with Gasteiger partial charge < -0.3 is 9.57 Å². The van der Waals surface area contributed by atoms with Gasteiger partial charge in [-0.1, -0.05) is 19.3 Å². The van der Waals surface area contributed by atoms with Crippen molar-refractivity contribution < 1.29 is 9.57 Å². The van der Waals surface area contributed by atoms with Crippen LogP contribution in [0.2, 0.25) is 0 Å². The number of nitrogens with two attached hydrogens (primary N) is 1. The van der Waals surface area contributed by atoms with E-state index in [2.05, 4.69) is 0 Å². The molecule has 2 fully saturated rings. The van der Waals surface area contributed by atoms with Gasteiger partial charge in [0.15, 0.2) is 0 Å². The Morgan fingerprint density at radius 3 is 2.69 bits per heavy atom. The molecule has 2 aliphatic rings. The molecule has 2 N–H and O–H groups in total. The molecule has 0 bridgehead atoms. The molecule has 13 heavy (non-hydrogen) atoms. The molecule has 1 atom stereocenters. The lowest BCUT2D eigenvalue weighted by molar-refractivity contribution is -0.149. The Morgan fingerprint density at radius 1 is 1.23 bits per heavy atom. The highest BCUT2D eigenvalue weighted by Gasteiger charge is 2.38. The van der Waals surface area contributed by atoms with Crippen molar-refractivity contribution in [3.8, 4) is 0 Å². The quantitative estimate of drug-likeness (QED) is 0.633. The number of hydrogen-bond acceptors (Lipinski definition) is 3. The zero-order valence-electron chi connectivity index (χ0n) is 8.13. The highest BCUT2D eigenvalue weighted by Crippen LogP contribution is 2.38. The molecule has 76 valence electrons. The first-order valence-electron chi connectivity index (χ1n) is 5.34. The Kier molecular flexibility index (Phi) is 2.86. The molecule has 3 nitrogen and oxygen atoms in total. The largest absolute Gasteiger partial charge is 0.375 e. The molecule has 1 spiro atoms. The standard InChI is InChI=1S/C10H19NO2/c11-13-9-4-7-12-10(8-9)5-2-1-3-6-10/h9H,1-8,11H2. The maximum absolute atomic E-state index is 5.90. The van der Waals surface area contributed by atoms with Crippen LogP contribution in [0.5, 0.6) is 0 Å². The Labute approximate surface area is 79.5 Å². The fourth-order valence-corrected chi connectivity index (χ4v) is 2.64. The SMILES string of the molecule is NOC1CCOC2(CCCCC2)C1. The van der Waals surface area contributed by atoms with Crippen LogP contribution in [0.25, 0.3) is 0 Å². The molecule has 0 aromatic carbocycles. The van der Waals surface area contributed by atoms with Gasteiger partial charge in [-0.3, -0.25) is 0 Å². The predicted octanol–water partition coefficient (Wildman–Crippen LogP) is 1.76. The zero-order chi connectivity index (χ0) is 9.15. The van der Waals surface area contributed by atoms with Crippen LogP contribution in [0.3, 0.4) is 0 Å². The highest BCUT2D eigenvalue weighted by molar-refractivity contribution is 4.89. The van der Waals surface area contributed by atoms with Gasteiger partial charge in [0, 0.05) is 13.0 Å². The Bertz CT molecular complexity index is 161. The van der Waals surface area contributed by atoms with Crippen molar-refractivity contribution in [1.29, 1.82) is 0 Å². The van der Waals surface area contributed by atoms with E-state index in [-0.39, 0.29) is 11.7 Å². The topological polar surface area (TPSA) is 44.5 Å². The van der Waals surface area contributed by atoms with E-state index in [0.29, 0.717) is 0 Å². The van der Waals surface area contributed by atoms with E-state index in [1.807, 2.05) is 0 Å². The van der Waals surface area contributed by atoms with Gasteiger partial charge >= 0.3 is 0 Å². The maximum atomic E-state index is 5.90. The van der Waals surface area contributed by atoms with Crippen LogP contribution in [0.15, 0.2) is 0 Å². The van der Waals surface area contributed by atoms with E-state index in [9.17, 15) is 0 Å². The van der Waals surface area contributed by atoms with Crippen LogP contribution in [-0.4, -0.2) is 18.3 Å². The summed E-state index contributed by atoms with van der Waals surface area (Å²) < 4.78 is 5.90. The number of ether oxygens (including phenoxy) is 1. The van der Waals surface area contributed by atoms with Crippen LogP contribution in [-0.2, 0) is 9.57 Å². The normalized spacial score (nSPS) is 33.5. The molecule has 0 radical (unpaired) electrons. The summed E-state index contributed by atoms with van der Waals surface area (Å²) >= 11 is 0. The number of rotatable bonds is 1. The van der Waals surface area contributed by atoms with Crippen molar-refractivity contribution in [2.45, 2.75) is 56.7 Å². The fraction of sp³-hybridized carbons (Fsp3) is 1.00. The molecular weight excluding hydrogens is 166 g/mol. The highest BCUT2D eigenvalue weighted by atomic mass is 16.6. The van der Waals surface area contributed by atoms with Gasteiger partial charge in [-0.2, -0.15) is 0 Å². The first-order chi connectivity index (χ1) is 6.35. The molecule has 0 aromatic heterocycles. The third-order valence-corrected chi connectivity index (χ3v) is 3.40. The van der Waals surface area contributed by atoms with E-state index in [1.165, 1.54) is 32.1 Å². The number of hydrogen-bond donors (Lipinski definition) is 1. The third-order valence-electron chi connectivity index (χ3n) is 3.40. The van der Waals surface area contributed by atoms with Crippen LogP contribution >= 0.6 is 0 Å². The Hall–Kier alpha value is -0.120. The monoisotopic (exact) mass is 185 g/mol. The van der Waals surface area contributed by atoms with E-state index >= 15 is 0 Å². The summed E-state index contributed by atoms with van der Waals surface area (Å²) in [7, 11) is 0. The first kappa shape index (κ1) is 9.44. The summed E-state index contributed by atoms with van der Waals surface area (Å²) in [6.07, 6.45) is 8.56. The van der Waals surface area contributed by atoms with Gasteiger partial charge in [-0.25, -0.2) is 5.90 Å².